The first-order valence-electron chi connectivity index (χ1n) is 8.70. The van der Waals surface area contributed by atoms with Gasteiger partial charge in [-0.05, 0) is 25.7 Å². The Morgan fingerprint density at radius 2 is 2.20 bits per heavy atom. The van der Waals surface area contributed by atoms with Crippen molar-refractivity contribution >= 4 is 11.7 Å². The fourth-order valence-corrected chi connectivity index (χ4v) is 3.12. The largest absolute Gasteiger partial charge is 0.376 e. The van der Waals surface area contributed by atoms with E-state index in [9.17, 15) is 13.6 Å². The number of nitrogens with zero attached hydrogens (tertiary/aromatic N) is 3. The van der Waals surface area contributed by atoms with Crippen LogP contribution in [0.4, 0.5) is 19.3 Å². The Morgan fingerprint density at radius 1 is 1.40 bits per heavy atom. The van der Waals surface area contributed by atoms with E-state index >= 15 is 0 Å². The second-order valence-corrected chi connectivity index (χ2v) is 6.43. The van der Waals surface area contributed by atoms with Crippen LogP contribution in [0.3, 0.4) is 0 Å². The molecule has 25 heavy (non-hydrogen) atoms. The quantitative estimate of drug-likeness (QED) is 0.848. The molecule has 1 aromatic heterocycles. The van der Waals surface area contributed by atoms with E-state index in [1.54, 1.807) is 4.90 Å². The maximum Gasteiger partial charge on any atom is 0.321 e. The molecule has 2 aliphatic heterocycles. The van der Waals surface area contributed by atoms with E-state index < -0.39 is 13.0 Å². The number of carbonyl (C=O) groups is 1. The van der Waals surface area contributed by atoms with Gasteiger partial charge in [0.2, 0.25) is 0 Å². The van der Waals surface area contributed by atoms with E-state index in [1.807, 2.05) is 0 Å². The van der Waals surface area contributed by atoms with Crippen LogP contribution in [-0.4, -0.2) is 65.6 Å². The van der Waals surface area contributed by atoms with Gasteiger partial charge < -0.3 is 19.7 Å². The molecule has 2 fully saturated rings. The Labute approximate surface area is 145 Å². The second-order valence-electron chi connectivity index (χ2n) is 6.43. The molecule has 3 rings (SSSR count). The van der Waals surface area contributed by atoms with Gasteiger partial charge in [-0.25, -0.2) is 13.6 Å². The monoisotopic (exact) mass is 358 g/mol. The van der Waals surface area contributed by atoms with Gasteiger partial charge >= 0.3 is 6.03 Å². The van der Waals surface area contributed by atoms with Gasteiger partial charge in [0.1, 0.15) is 6.54 Å². The van der Waals surface area contributed by atoms with Gasteiger partial charge in [-0.15, -0.1) is 0 Å². The highest BCUT2D eigenvalue weighted by Crippen LogP contribution is 2.18. The minimum Gasteiger partial charge on any atom is -0.376 e. The van der Waals surface area contributed by atoms with Crippen LogP contribution in [0.15, 0.2) is 12.4 Å². The molecule has 2 amide bonds. The van der Waals surface area contributed by atoms with Crippen molar-refractivity contribution in [2.24, 2.45) is 0 Å². The summed E-state index contributed by atoms with van der Waals surface area (Å²) in [6.07, 6.45) is 4.39. The predicted octanol–water partition coefficient (Wildman–Crippen LogP) is 2.34. The zero-order valence-corrected chi connectivity index (χ0v) is 14.1. The molecule has 140 valence electrons. The van der Waals surface area contributed by atoms with Gasteiger partial charge in [0.05, 0.1) is 30.7 Å². The van der Waals surface area contributed by atoms with Crippen LogP contribution in [-0.2, 0) is 16.0 Å². The fraction of sp³-hybridized carbons (Fsp3) is 0.750. The van der Waals surface area contributed by atoms with E-state index in [1.165, 1.54) is 12.4 Å². The topological polar surface area (TPSA) is 68.6 Å². The smallest absolute Gasteiger partial charge is 0.321 e. The molecule has 0 bridgehead atoms. The third kappa shape index (κ3) is 5.37. The number of alkyl halides is 2. The summed E-state index contributed by atoms with van der Waals surface area (Å²) in [6, 6.07) is -0.242. The van der Waals surface area contributed by atoms with Gasteiger partial charge in [0.15, 0.2) is 0 Å². The predicted molar refractivity (Wildman–Crippen MR) is 86.8 cm³/mol. The SMILES string of the molecule is O=C(Nc1cnn(CC(F)F)c1)N1CCC(OCC2CCCO2)CC1. The number of hydrogen-bond donors (Lipinski definition) is 1. The first-order chi connectivity index (χ1) is 12.1. The van der Waals surface area contributed by atoms with Crippen LogP contribution >= 0.6 is 0 Å². The van der Waals surface area contributed by atoms with E-state index in [-0.39, 0.29) is 18.2 Å². The highest BCUT2D eigenvalue weighted by Gasteiger charge is 2.25. The number of aromatic nitrogens is 2. The fourth-order valence-electron chi connectivity index (χ4n) is 3.12. The average Bonchev–Trinajstić information content (AvgIpc) is 3.25. The molecule has 9 heteroatoms. The molecule has 0 aromatic carbocycles. The average molecular weight is 358 g/mol. The van der Waals surface area contributed by atoms with Crippen LogP contribution in [0.25, 0.3) is 0 Å². The van der Waals surface area contributed by atoms with Crippen LogP contribution in [0.5, 0.6) is 0 Å². The molecule has 0 saturated carbocycles. The molecule has 0 radical (unpaired) electrons. The Kier molecular flexibility index (Phi) is 6.19. The summed E-state index contributed by atoms with van der Waals surface area (Å²) < 4.78 is 37.2. The van der Waals surface area contributed by atoms with Gasteiger partial charge in [-0.1, -0.05) is 0 Å². The molecular weight excluding hydrogens is 334 g/mol. The van der Waals surface area contributed by atoms with Crippen molar-refractivity contribution in [3.05, 3.63) is 12.4 Å². The van der Waals surface area contributed by atoms with Gasteiger partial charge in [0, 0.05) is 25.9 Å². The van der Waals surface area contributed by atoms with Gasteiger partial charge in [-0.3, -0.25) is 4.68 Å². The summed E-state index contributed by atoms with van der Waals surface area (Å²) in [5.41, 5.74) is 0.419. The highest BCUT2D eigenvalue weighted by atomic mass is 19.3. The Balaban J connectivity index is 1.38. The summed E-state index contributed by atoms with van der Waals surface area (Å²) >= 11 is 0. The minimum absolute atomic E-state index is 0.155. The molecule has 7 nitrogen and oxygen atoms in total. The molecular formula is C16H24F2N4O3. The number of rotatable bonds is 6. The number of piperidine rings is 1. The lowest BCUT2D eigenvalue weighted by Crippen LogP contribution is -2.43. The zero-order chi connectivity index (χ0) is 17.6. The highest BCUT2D eigenvalue weighted by molar-refractivity contribution is 5.89. The number of likely N-dealkylation sites (tertiary alicyclic amines) is 1. The number of urea groups is 1. The molecule has 1 N–H and O–H groups in total. The number of nitrogens with one attached hydrogen (secondary N) is 1. The van der Waals surface area contributed by atoms with Gasteiger partial charge in [0.25, 0.3) is 6.43 Å². The molecule has 2 saturated heterocycles. The number of amides is 2. The molecule has 2 aliphatic rings. The van der Waals surface area contributed by atoms with Crippen LogP contribution in [0.1, 0.15) is 25.7 Å². The normalized spacial score (nSPS) is 21.9. The van der Waals surface area contributed by atoms with Crippen molar-refractivity contribution in [3.63, 3.8) is 0 Å². The van der Waals surface area contributed by atoms with E-state index in [2.05, 4.69) is 10.4 Å². The Bertz CT molecular complexity index is 555. The molecule has 3 heterocycles. The molecule has 1 unspecified atom stereocenters. The van der Waals surface area contributed by atoms with E-state index in [4.69, 9.17) is 9.47 Å². The summed E-state index contributed by atoms with van der Waals surface area (Å²) in [6.45, 7) is 2.17. The van der Waals surface area contributed by atoms with Crippen LogP contribution in [0, 0.1) is 0 Å². The number of ether oxygens (including phenoxy) is 2. The molecule has 0 spiro atoms. The first kappa shape index (κ1) is 18.1. The lowest BCUT2D eigenvalue weighted by Gasteiger charge is -2.32. The summed E-state index contributed by atoms with van der Waals surface area (Å²) in [7, 11) is 0. The third-order valence-corrected chi connectivity index (χ3v) is 4.48. The Hall–Kier alpha value is -1.74. The summed E-state index contributed by atoms with van der Waals surface area (Å²) in [5, 5.41) is 6.50. The van der Waals surface area contributed by atoms with Crippen molar-refractivity contribution in [2.45, 2.75) is 50.9 Å². The minimum atomic E-state index is -2.47. The van der Waals surface area contributed by atoms with Crippen molar-refractivity contribution in [3.8, 4) is 0 Å². The summed E-state index contributed by atoms with van der Waals surface area (Å²) in [4.78, 5) is 13.9. The lowest BCUT2D eigenvalue weighted by atomic mass is 10.1. The van der Waals surface area contributed by atoms with E-state index in [0.29, 0.717) is 25.4 Å². The van der Waals surface area contributed by atoms with Crippen LogP contribution < -0.4 is 5.32 Å². The van der Waals surface area contributed by atoms with Crippen molar-refractivity contribution in [2.75, 3.05) is 31.6 Å². The summed E-state index contributed by atoms with van der Waals surface area (Å²) in [5.74, 6) is 0. The first-order valence-corrected chi connectivity index (χ1v) is 8.70. The number of anilines is 1. The molecule has 1 atom stereocenters. The zero-order valence-electron chi connectivity index (χ0n) is 14.1. The number of halogens is 2. The Morgan fingerprint density at radius 3 is 2.88 bits per heavy atom. The van der Waals surface area contributed by atoms with Crippen molar-refractivity contribution in [1.82, 2.24) is 14.7 Å². The van der Waals surface area contributed by atoms with Crippen molar-refractivity contribution in [1.29, 1.82) is 0 Å². The maximum absolute atomic E-state index is 12.3. The second kappa shape index (κ2) is 8.57. The van der Waals surface area contributed by atoms with Crippen LogP contribution in [0.2, 0.25) is 0 Å². The van der Waals surface area contributed by atoms with Crippen molar-refractivity contribution < 1.29 is 23.0 Å². The van der Waals surface area contributed by atoms with E-state index in [0.717, 1.165) is 37.0 Å². The number of carbonyl (C=O) groups excluding carboxylic acids is 1. The van der Waals surface area contributed by atoms with Gasteiger partial charge in [-0.2, -0.15) is 5.10 Å². The number of hydrogen-bond acceptors (Lipinski definition) is 4. The lowest BCUT2D eigenvalue weighted by molar-refractivity contribution is -0.0377. The third-order valence-electron chi connectivity index (χ3n) is 4.48. The molecule has 1 aromatic rings. The maximum atomic E-state index is 12.3. The standard InChI is InChI=1S/C16H24F2N4O3/c17-15(18)10-22-9-12(8-19-22)20-16(23)21-5-3-13(4-6-21)25-11-14-2-1-7-24-14/h8-9,13-15H,1-7,10-11H2,(H,20,23). The molecule has 0 aliphatic carbocycles.